The molecule has 1 aromatic rings. The van der Waals surface area contributed by atoms with Gasteiger partial charge in [-0.15, -0.1) is 0 Å². The lowest BCUT2D eigenvalue weighted by molar-refractivity contribution is -0.127. The zero-order valence-electron chi connectivity index (χ0n) is 12.8. The molecule has 23 heavy (non-hydrogen) atoms. The number of anilines is 1. The van der Waals surface area contributed by atoms with E-state index in [9.17, 15) is 13.6 Å². The summed E-state index contributed by atoms with van der Waals surface area (Å²) in [4.78, 5) is 14.2. The summed E-state index contributed by atoms with van der Waals surface area (Å²) in [5, 5.41) is 2.60. The van der Waals surface area contributed by atoms with Gasteiger partial charge >= 0.3 is 0 Å². The van der Waals surface area contributed by atoms with Crippen molar-refractivity contribution >= 4 is 11.6 Å². The largest absolute Gasteiger partial charge is 0.349 e. The molecule has 0 spiro atoms. The summed E-state index contributed by atoms with van der Waals surface area (Å²) in [6.07, 6.45) is 2.73. The van der Waals surface area contributed by atoms with Gasteiger partial charge in [0.1, 0.15) is 0 Å². The summed E-state index contributed by atoms with van der Waals surface area (Å²) in [6.45, 7) is 2.12. The predicted molar refractivity (Wildman–Crippen MR) is 79.9 cm³/mol. The van der Waals surface area contributed by atoms with E-state index in [4.69, 9.17) is 9.47 Å². The second-order valence-corrected chi connectivity index (χ2v) is 5.82. The molecule has 1 aromatic carbocycles. The molecule has 2 aliphatic heterocycles. The van der Waals surface area contributed by atoms with Crippen LogP contribution in [0.15, 0.2) is 18.2 Å². The molecule has 1 amide bonds. The molecular weight excluding hydrogens is 306 g/mol. The highest BCUT2D eigenvalue weighted by Crippen LogP contribution is 2.24. The first-order chi connectivity index (χ1) is 11.1. The van der Waals surface area contributed by atoms with E-state index in [2.05, 4.69) is 5.32 Å². The first-order valence-electron chi connectivity index (χ1n) is 7.85. The lowest BCUT2D eigenvalue weighted by atomic mass is 10.0. The Morgan fingerprint density at radius 1 is 1.22 bits per heavy atom. The third-order valence-electron chi connectivity index (χ3n) is 4.18. The minimum Gasteiger partial charge on any atom is -0.349 e. The Labute approximate surface area is 133 Å². The minimum atomic E-state index is -0.980. The molecule has 1 atom stereocenters. The van der Waals surface area contributed by atoms with E-state index in [-0.39, 0.29) is 30.5 Å². The first kappa shape index (κ1) is 16.3. The molecule has 1 N–H and O–H groups in total. The van der Waals surface area contributed by atoms with Crippen molar-refractivity contribution in [1.82, 2.24) is 4.90 Å². The number of rotatable bonds is 4. The van der Waals surface area contributed by atoms with Crippen molar-refractivity contribution in [2.45, 2.75) is 31.6 Å². The van der Waals surface area contributed by atoms with Gasteiger partial charge in [0, 0.05) is 11.8 Å². The predicted octanol–water partition coefficient (Wildman–Crippen LogP) is 2.13. The van der Waals surface area contributed by atoms with Gasteiger partial charge in [0.25, 0.3) is 0 Å². The molecule has 5 nitrogen and oxygen atoms in total. The van der Waals surface area contributed by atoms with Crippen LogP contribution in [0.2, 0.25) is 0 Å². The molecule has 3 rings (SSSR count). The zero-order valence-corrected chi connectivity index (χ0v) is 12.8. The Bertz CT molecular complexity index is 564. The maximum absolute atomic E-state index is 13.2. The fourth-order valence-electron chi connectivity index (χ4n) is 3.08. The van der Waals surface area contributed by atoms with Crippen LogP contribution in [0.4, 0.5) is 14.5 Å². The number of nitrogens with one attached hydrogen (secondary N) is 1. The zero-order chi connectivity index (χ0) is 16.2. The molecule has 0 radical (unpaired) electrons. The summed E-state index contributed by atoms with van der Waals surface area (Å²) >= 11 is 0. The lowest BCUT2D eigenvalue weighted by Gasteiger charge is -2.37. The SMILES string of the molecule is O=C(CN1CCCC[C@@H]1C1OCCO1)Nc1ccc(F)c(F)c1. The average molecular weight is 326 g/mol. The van der Waals surface area contributed by atoms with Crippen LogP contribution in [0.5, 0.6) is 0 Å². The third-order valence-corrected chi connectivity index (χ3v) is 4.18. The monoisotopic (exact) mass is 326 g/mol. The van der Waals surface area contributed by atoms with E-state index >= 15 is 0 Å². The van der Waals surface area contributed by atoms with Crippen LogP contribution in [0.3, 0.4) is 0 Å². The number of likely N-dealkylation sites (tertiary alicyclic amines) is 1. The molecule has 0 aromatic heterocycles. The van der Waals surface area contributed by atoms with Crippen LogP contribution >= 0.6 is 0 Å². The van der Waals surface area contributed by atoms with E-state index in [0.717, 1.165) is 37.9 Å². The van der Waals surface area contributed by atoms with Crippen molar-refractivity contribution in [2.75, 3.05) is 31.6 Å². The molecule has 7 heteroatoms. The summed E-state index contributed by atoms with van der Waals surface area (Å²) in [7, 11) is 0. The van der Waals surface area contributed by atoms with Gasteiger partial charge in [-0.1, -0.05) is 6.42 Å². The van der Waals surface area contributed by atoms with E-state index < -0.39 is 11.6 Å². The van der Waals surface area contributed by atoms with Crippen molar-refractivity contribution in [3.8, 4) is 0 Å². The fraction of sp³-hybridized carbons (Fsp3) is 0.562. The van der Waals surface area contributed by atoms with Gasteiger partial charge in [-0.2, -0.15) is 0 Å². The van der Waals surface area contributed by atoms with E-state index in [1.54, 1.807) is 0 Å². The number of hydrogen-bond donors (Lipinski definition) is 1. The molecule has 0 unspecified atom stereocenters. The van der Waals surface area contributed by atoms with Crippen LogP contribution in [0.1, 0.15) is 19.3 Å². The number of amides is 1. The first-order valence-corrected chi connectivity index (χ1v) is 7.85. The van der Waals surface area contributed by atoms with Crippen molar-refractivity contribution in [3.05, 3.63) is 29.8 Å². The Hall–Kier alpha value is -1.57. The summed E-state index contributed by atoms with van der Waals surface area (Å²) in [5.41, 5.74) is 0.246. The van der Waals surface area contributed by atoms with Crippen LogP contribution < -0.4 is 5.32 Å². The molecule has 2 fully saturated rings. The molecular formula is C16H20F2N2O3. The highest BCUT2D eigenvalue weighted by atomic mass is 19.2. The van der Waals surface area contributed by atoms with Gasteiger partial charge in [-0.05, 0) is 31.5 Å². The highest BCUT2D eigenvalue weighted by molar-refractivity contribution is 5.92. The number of carbonyl (C=O) groups excluding carboxylic acids is 1. The number of halogens is 2. The summed E-state index contributed by atoms with van der Waals surface area (Å²) in [6, 6.07) is 3.37. The molecule has 0 bridgehead atoms. The number of carbonyl (C=O) groups is 1. The standard InChI is InChI=1S/C16H20F2N2O3/c17-12-5-4-11(9-13(12)18)19-15(21)10-20-6-2-1-3-14(20)16-22-7-8-23-16/h4-5,9,14,16H,1-3,6-8,10H2,(H,19,21)/t14-/m1/s1. The number of nitrogens with zero attached hydrogens (tertiary/aromatic N) is 1. The average Bonchev–Trinajstić information content (AvgIpc) is 3.06. The van der Waals surface area contributed by atoms with Gasteiger partial charge in [-0.25, -0.2) is 8.78 Å². The normalized spacial score (nSPS) is 23.1. The topological polar surface area (TPSA) is 50.8 Å². The van der Waals surface area contributed by atoms with Crippen LogP contribution in [-0.4, -0.2) is 49.4 Å². The number of piperidine rings is 1. The Balaban J connectivity index is 1.59. The number of ether oxygens (including phenoxy) is 2. The minimum absolute atomic E-state index is 0.0574. The maximum atomic E-state index is 13.2. The second kappa shape index (κ2) is 7.33. The van der Waals surface area contributed by atoms with E-state index in [0.29, 0.717) is 13.2 Å². The molecule has 0 saturated carbocycles. The van der Waals surface area contributed by atoms with Crippen LogP contribution in [0, 0.1) is 11.6 Å². The van der Waals surface area contributed by atoms with Gasteiger partial charge in [0.15, 0.2) is 17.9 Å². The van der Waals surface area contributed by atoms with Crippen molar-refractivity contribution in [3.63, 3.8) is 0 Å². The molecule has 2 aliphatic rings. The van der Waals surface area contributed by atoms with Crippen molar-refractivity contribution in [2.24, 2.45) is 0 Å². The Morgan fingerprint density at radius 2 is 2.00 bits per heavy atom. The van der Waals surface area contributed by atoms with E-state index in [1.165, 1.54) is 6.07 Å². The van der Waals surface area contributed by atoms with Crippen molar-refractivity contribution < 1.29 is 23.0 Å². The smallest absolute Gasteiger partial charge is 0.238 e. The maximum Gasteiger partial charge on any atom is 0.238 e. The molecule has 126 valence electrons. The van der Waals surface area contributed by atoms with E-state index in [1.807, 2.05) is 4.90 Å². The summed E-state index contributed by atoms with van der Waals surface area (Å²) in [5.74, 6) is -2.18. The lowest BCUT2D eigenvalue weighted by Crippen LogP contribution is -2.50. The molecule has 0 aliphatic carbocycles. The number of hydrogen-bond acceptors (Lipinski definition) is 4. The fourth-order valence-corrected chi connectivity index (χ4v) is 3.08. The van der Waals surface area contributed by atoms with Gasteiger partial charge in [-0.3, -0.25) is 9.69 Å². The quantitative estimate of drug-likeness (QED) is 0.921. The van der Waals surface area contributed by atoms with Gasteiger partial charge in [0.2, 0.25) is 5.91 Å². The van der Waals surface area contributed by atoms with Crippen molar-refractivity contribution in [1.29, 1.82) is 0 Å². The Morgan fingerprint density at radius 3 is 2.74 bits per heavy atom. The Kier molecular flexibility index (Phi) is 5.20. The van der Waals surface area contributed by atoms with Crippen LogP contribution in [-0.2, 0) is 14.3 Å². The summed E-state index contributed by atoms with van der Waals surface area (Å²) < 4.78 is 37.2. The molecule has 2 heterocycles. The number of benzene rings is 1. The molecule has 2 saturated heterocycles. The third kappa shape index (κ3) is 4.04. The van der Waals surface area contributed by atoms with Gasteiger partial charge in [0.05, 0.1) is 25.8 Å². The second-order valence-electron chi connectivity index (χ2n) is 5.82. The highest BCUT2D eigenvalue weighted by Gasteiger charge is 2.34. The van der Waals surface area contributed by atoms with Gasteiger partial charge < -0.3 is 14.8 Å². The van der Waals surface area contributed by atoms with Crippen LogP contribution in [0.25, 0.3) is 0 Å².